The van der Waals surface area contributed by atoms with Crippen molar-refractivity contribution in [3.05, 3.63) is 89.7 Å². The normalized spacial score (nSPS) is 10.9. The van der Waals surface area contributed by atoms with Gasteiger partial charge in [0, 0.05) is 13.0 Å². The van der Waals surface area contributed by atoms with Gasteiger partial charge in [-0.25, -0.2) is 4.98 Å². The van der Waals surface area contributed by atoms with Crippen molar-refractivity contribution in [1.82, 2.24) is 14.9 Å². The number of rotatable bonds is 13. The van der Waals surface area contributed by atoms with Gasteiger partial charge in [0.25, 0.3) is 0 Å². The largest absolute Gasteiger partial charge is 0.497 e. The Morgan fingerprint density at radius 1 is 0.944 bits per heavy atom. The zero-order valence-corrected chi connectivity index (χ0v) is 21.2. The molecule has 3 aromatic carbocycles. The smallest absolute Gasteiger partial charge is 0.224 e. The van der Waals surface area contributed by atoms with E-state index in [0.29, 0.717) is 19.6 Å². The van der Waals surface area contributed by atoms with Crippen molar-refractivity contribution in [3.63, 3.8) is 0 Å². The molecule has 0 fully saturated rings. The average molecular weight is 486 g/mol. The van der Waals surface area contributed by atoms with Crippen molar-refractivity contribution in [2.45, 2.75) is 45.6 Å². The molecule has 188 valence electrons. The van der Waals surface area contributed by atoms with E-state index in [2.05, 4.69) is 47.1 Å². The van der Waals surface area contributed by atoms with Crippen LogP contribution in [0, 0.1) is 6.92 Å². The first-order valence-corrected chi connectivity index (χ1v) is 12.7. The van der Waals surface area contributed by atoms with Crippen LogP contribution in [-0.2, 0) is 24.2 Å². The Balaban J connectivity index is 1.22. The first kappa shape index (κ1) is 25.3. The number of para-hydroxylation sites is 2. The summed E-state index contributed by atoms with van der Waals surface area (Å²) in [5.41, 5.74) is 4.34. The first-order valence-electron chi connectivity index (χ1n) is 12.7. The van der Waals surface area contributed by atoms with Gasteiger partial charge in [0.2, 0.25) is 5.91 Å². The van der Waals surface area contributed by atoms with Crippen LogP contribution in [0.5, 0.6) is 11.5 Å². The number of unbranched alkanes of at least 4 members (excludes halogenated alkanes) is 2. The number of carbonyl (C=O) groups excluding carboxylic acids is 1. The molecule has 4 aromatic rings. The van der Waals surface area contributed by atoms with Gasteiger partial charge in [-0.1, -0.05) is 42.8 Å². The fourth-order valence-corrected chi connectivity index (χ4v) is 4.33. The molecule has 1 heterocycles. The van der Waals surface area contributed by atoms with Crippen LogP contribution >= 0.6 is 0 Å². The van der Waals surface area contributed by atoms with Crippen LogP contribution < -0.4 is 14.8 Å². The third kappa shape index (κ3) is 7.11. The molecule has 0 aliphatic heterocycles. The molecule has 0 saturated heterocycles. The van der Waals surface area contributed by atoms with Crippen LogP contribution in [0.3, 0.4) is 0 Å². The van der Waals surface area contributed by atoms with Crippen LogP contribution in [0.25, 0.3) is 11.0 Å². The van der Waals surface area contributed by atoms with Crippen molar-refractivity contribution in [2.24, 2.45) is 0 Å². The Morgan fingerprint density at radius 3 is 2.58 bits per heavy atom. The van der Waals surface area contributed by atoms with Crippen LogP contribution in [0.15, 0.2) is 72.8 Å². The number of amides is 1. The number of nitrogens with one attached hydrogen (secondary N) is 1. The van der Waals surface area contributed by atoms with Crippen molar-refractivity contribution in [1.29, 1.82) is 0 Å². The number of fused-ring (bicyclic) bond motifs is 1. The Kier molecular flexibility index (Phi) is 8.98. The molecule has 0 radical (unpaired) electrons. The zero-order valence-electron chi connectivity index (χ0n) is 21.2. The minimum Gasteiger partial charge on any atom is -0.497 e. The molecule has 0 bridgehead atoms. The topological polar surface area (TPSA) is 65.4 Å². The lowest BCUT2D eigenvalue weighted by Crippen LogP contribution is -2.26. The van der Waals surface area contributed by atoms with E-state index in [1.165, 1.54) is 5.56 Å². The highest BCUT2D eigenvalue weighted by Crippen LogP contribution is 2.19. The van der Waals surface area contributed by atoms with Gasteiger partial charge in [0.05, 0.1) is 31.1 Å². The van der Waals surface area contributed by atoms with Gasteiger partial charge in [-0.15, -0.1) is 0 Å². The number of benzene rings is 3. The fraction of sp³-hybridized carbons (Fsp3) is 0.333. The Labute approximate surface area is 213 Å². The minimum atomic E-state index is 0.0515. The summed E-state index contributed by atoms with van der Waals surface area (Å²) in [6, 6.07) is 24.0. The SMILES string of the molecule is COc1ccc(CC(=O)NCCCCCc2nc3ccccc3n2CCOc2cccc(C)c2)cc1. The summed E-state index contributed by atoms with van der Waals surface area (Å²) < 4.78 is 13.4. The fourth-order valence-electron chi connectivity index (χ4n) is 4.33. The molecule has 0 aliphatic rings. The van der Waals surface area contributed by atoms with E-state index in [9.17, 15) is 4.79 Å². The van der Waals surface area contributed by atoms with Gasteiger partial charge in [0.15, 0.2) is 0 Å². The second-order valence-corrected chi connectivity index (χ2v) is 9.02. The summed E-state index contributed by atoms with van der Waals surface area (Å²) >= 11 is 0. The Bertz CT molecular complexity index is 1260. The van der Waals surface area contributed by atoms with Gasteiger partial charge in [-0.2, -0.15) is 0 Å². The summed E-state index contributed by atoms with van der Waals surface area (Å²) in [5, 5.41) is 3.03. The number of hydrogen-bond acceptors (Lipinski definition) is 4. The maximum atomic E-state index is 12.2. The lowest BCUT2D eigenvalue weighted by molar-refractivity contribution is -0.120. The Morgan fingerprint density at radius 2 is 1.78 bits per heavy atom. The van der Waals surface area contributed by atoms with Gasteiger partial charge < -0.3 is 19.4 Å². The molecule has 0 spiro atoms. The molecule has 0 unspecified atom stereocenters. The molecular formula is C30H35N3O3. The Hall–Kier alpha value is -3.80. The quantitative estimate of drug-likeness (QED) is 0.254. The lowest BCUT2D eigenvalue weighted by atomic mass is 10.1. The molecule has 0 atom stereocenters. The van der Waals surface area contributed by atoms with Crippen molar-refractivity contribution in [3.8, 4) is 11.5 Å². The van der Waals surface area contributed by atoms with Crippen molar-refractivity contribution < 1.29 is 14.3 Å². The number of imidazole rings is 1. The van der Waals surface area contributed by atoms with E-state index < -0.39 is 0 Å². The van der Waals surface area contributed by atoms with E-state index in [1.807, 2.05) is 42.5 Å². The van der Waals surface area contributed by atoms with E-state index in [0.717, 1.165) is 66.1 Å². The highest BCUT2D eigenvalue weighted by Gasteiger charge is 2.11. The molecule has 1 N–H and O–H groups in total. The van der Waals surface area contributed by atoms with Gasteiger partial charge in [0.1, 0.15) is 23.9 Å². The molecule has 6 nitrogen and oxygen atoms in total. The highest BCUT2D eigenvalue weighted by atomic mass is 16.5. The van der Waals surface area contributed by atoms with Gasteiger partial charge in [-0.3, -0.25) is 4.79 Å². The zero-order chi connectivity index (χ0) is 25.2. The van der Waals surface area contributed by atoms with Crippen molar-refractivity contribution in [2.75, 3.05) is 20.3 Å². The predicted octanol–water partition coefficient (Wildman–Crippen LogP) is 5.50. The predicted molar refractivity (Wildman–Crippen MR) is 144 cm³/mol. The third-order valence-electron chi connectivity index (χ3n) is 6.23. The van der Waals surface area contributed by atoms with Crippen molar-refractivity contribution >= 4 is 16.9 Å². The maximum absolute atomic E-state index is 12.2. The number of hydrogen-bond donors (Lipinski definition) is 1. The van der Waals surface area contributed by atoms with E-state index in [4.69, 9.17) is 14.5 Å². The summed E-state index contributed by atoms with van der Waals surface area (Å²) in [4.78, 5) is 17.1. The summed E-state index contributed by atoms with van der Waals surface area (Å²) in [7, 11) is 1.64. The van der Waals surface area contributed by atoms with Crippen LogP contribution in [0.2, 0.25) is 0 Å². The van der Waals surface area contributed by atoms with Gasteiger partial charge in [-0.05, 0) is 67.3 Å². The number of nitrogens with zero attached hydrogens (tertiary/aromatic N) is 2. The summed E-state index contributed by atoms with van der Waals surface area (Å²) in [6.07, 6.45) is 4.30. The van der Waals surface area contributed by atoms with E-state index in [1.54, 1.807) is 7.11 Å². The monoisotopic (exact) mass is 485 g/mol. The third-order valence-corrected chi connectivity index (χ3v) is 6.23. The number of methoxy groups -OCH3 is 1. The summed E-state index contributed by atoms with van der Waals surface area (Å²) in [5.74, 6) is 2.84. The molecule has 6 heteroatoms. The first-order chi connectivity index (χ1) is 17.6. The maximum Gasteiger partial charge on any atom is 0.224 e. The minimum absolute atomic E-state index is 0.0515. The standard InChI is InChI=1S/C30H35N3O3/c1-23-9-8-10-26(21-23)36-20-19-33-28-12-6-5-11-27(28)32-29(33)13-4-3-7-18-31-30(34)22-24-14-16-25(35-2)17-15-24/h5-6,8-12,14-17,21H,3-4,7,13,18-20,22H2,1-2H3,(H,31,34). The second-order valence-electron chi connectivity index (χ2n) is 9.02. The number of aryl methyl sites for hydroxylation is 2. The number of ether oxygens (including phenoxy) is 2. The second kappa shape index (κ2) is 12.8. The lowest BCUT2D eigenvalue weighted by Gasteiger charge is -2.11. The number of carbonyl (C=O) groups is 1. The molecular weight excluding hydrogens is 450 g/mol. The molecule has 36 heavy (non-hydrogen) atoms. The average Bonchev–Trinajstić information content (AvgIpc) is 3.24. The molecule has 0 aliphatic carbocycles. The van der Waals surface area contributed by atoms with E-state index in [-0.39, 0.29) is 5.91 Å². The number of aromatic nitrogens is 2. The van der Waals surface area contributed by atoms with Crippen LogP contribution in [0.4, 0.5) is 0 Å². The van der Waals surface area contributed by atoms with E-state index >= 15 is 0 Å². The highest BCUT2D eigenvalue weighted by molar-refractivity contribution is 5.78. The molecule has 1 aromatic heterocycles. The molecule has 0 saturated carbocycles. The molecule has 1 amide bonds. The van der Waals surface area contributed by atoms with Gasteiger partial charge >= 0.3 is 0 Å². The molecule has 4 rings (SSSR count). The van der Waals surface area contributed by atoms with Crippen LogP contribution in [-0.4, -0.2) is 35.7 Å². The van der Waals surface area contributed by atoms with Crippen LogP contribution in [0.1, 0.15) is 36.2 Å². The summed E-state index contributed by atoms with van der Waals surface area (Å²) in [6.45, 7) is 4.11.